The van der Waals surface area contributed by atoms with Gasteiger partial charge in [-0.2, -0.15) is 0 Å². The van der Waals surface area contributed by atoms with Crippen LogP contribution in [-0.2, 0) is 0 Å². The molecule has 0 aliphatic rings. The molecule has 0 bridgehead atoms. The van der Waals surface area contributed by atoms with Crippen LogP contribution >= 0.6 is 11.6 Å². The van der Waals surface area contributed by atoms with E-state index in [1.165, 1.54) is 0 Å². The van der Waals surface area contributed by atoms with Crippen molar-refractivity contribution in [1.82, 2.24) is 0 Å². The molecule has 4 heavy (non-hydrogen) atoms. The molecule has 0 saturated carbocycles. The first-order valence-electron chi connectivity index (χ1n) is 0.204. The summed E-state index contributed by atoms with van der Waals surface area (Å²) < 4.78 is 0. The van der Waals surface area contributed by atoms with Crippen molar-refractivity contribution in [3.05, 3.63) is 0 Å². The molecule has 0 amide bonds. The van der Waals surface area contributed by atoms with Crippen LogP contribution in [0.25, 0.3) is 0 Å². The summed E-state index contributed by atoms with van der Waals surface area (Å²) in [7, 11) is 2.56. The fraction of sp³-hybridized carbons (Fsp3) is 0. The van der Waals surface area contributed by atoms with Crippen molar-refractivity contribution in [2.45, 2.75) is 0 Å². The van der Waals surface area contributed by atoms with E-state index in [1.807, 2.05) is 0 Å². The average molecular weight is 155 g/mol. The van der Waals surface area contributed by atoms with Crippen LogP contribution in [0.3, 0.4) is 0 Å². The normalized spacial score (nSPS) is 1.00. The number of rotatable bonds is 0. The molecule has 0 spiro atoms. The van der Waals surface area contributed by atoms with Crippen LogP contribution in [0.2, 0.25) is 0 Å². The van der Waals surface area contributed by atoms with Crippen LogP contribution in [-0.4, -0.2) is 73.3 Å². The summed E-state index contributed by atoms with van der Waals surface area (Å²) in [6.45, 7) is 0. The predicted octanol–water partition coefficient (Wildman–Crippen LogP) is -0.494. The summed E-state index contributed by atoms with van der Waals surface area (Å²) >= 11 is 3.89. The monoisotopic (exact) mass is 155 g/mol. The summed E-state index contributed by atoms with van der Waals surface area (Å²) in [5.41, 5.74) is 0. The van der Waals surface area contributed by atoms with Gasteiger partial charge in [-0.3, -0.25) is 0 Å². The van der Waals surface area contributed by atoms with Crippen LogP contribution in [0, 0.1) is 0 Å². The maximum atomic E-state index is 3.89. The molecule has 0 saturated heterocycles. The van der Waals surface area contributed by atoms with Crippen molar-refractivity contribution in [1.29, 1.82) is 0 Å². The predicted molar refractivity (Wildman–Crippen MR) is 24.9 cm³/mol. The van der Waals surface area contributed by atoms with Crippen molar-refractivity contribution >= 4 is 84.9 Å². The van der Waals surface area contributed by atoms with Gasteiger partial charge in [-0.15, -0.1) is 11.6 Å². The minimum Gasteiger partial charge on any atom is -0.137 e. The van der Waals surface area contributed by atoms with Crippen LogP contribution in [0.15, 0.2) is 0 Å². The molecule has 13 valence electrons. The molecule has 0 heterocycles. The second-order valence-electron chi connectivity index (χ2n) is 0. The Morgan fingerprint density at radius 2 is 1.25 bits per heavy atom. The van der Waals surface area contributed by atoms with Crippen molar-refractivity contribution in [2.24, 2.45) is 0 Å². The second kappa shape index (κ2) is 17.8. The second-order valence-corrected chi connectivity index (χ2v) is 0. The van der Waals surface area contributed by atoms with E-state index in [9.17, 15) is 0 Å². The molecule has 0 fully saturated rings. The molecule has 0 N–H and O–H groups in total. The quantitative estimate of drug-likeness (QED) is 0.425. The molecule has 0 aromatic carbocycles. The van der Waals surface area contributed by atoms with Gasteiger partial charge in [0.05, 0.1) is 0 Å². The topological polar surface area (TPSA) is 0 Å². The van der Waals surface area contributed by atoms with E-state index >= 15 is 0 Å². The Bertz CT molecular complexity index is 8.00. The Hall–Kier alpha value is 2.51. The third-order valence-corrected chi connectivity index (χ3v) is 0. The Labute approximate surface area is 83.1 Å². The first kappa shape index (κ1) is 16.0. The van der Waals surface area contributed by atoms with Gasteiger partial charge in [0.2, 0.25) is 0 Å². The minimum absolute atomic E-state index is 0. The largest absolute Gasteiger partial charge is 0.137 e. The number of hydrogen-bond donors (Lipinski definition) is 0. The van der Waals surface area contributed by atoms with Gasteiger partial charge in [0.1, 0.15) is 8.95 Å². The summed E-state index contributed by atoms with van der Waals surface area (Å²) in [4.78, 5) is 0. The number of hydrogen-bond acceptors (Lipinski definition) is 1. The summed E-state index contributed by atoms with van der Waals surface area (Å²) in [6, 6.07) is 0. The van der Waals surface area contributed by atoms with Crippen LogP contribution in [0.4, 0.5) is 0 Å². The van der Waals surface area contributed by atoms with E-state index in [-0.39, 0.29) is 64.3 Å². The molecular weight excluding hydrogens is 155 g/mol. The van der Waals surface area contributed by atoms with Crippen LogP contribution in [0.1, 0.15) is 0 Å². The fourth-order valence-corrected chi connectivity index (χ4v) is 0. The maximum absolute atomic E-state index is 3.89. The molecule has 0 rings (SSSR count). The van der Waals surface area contributed by atoms with Gasteiger partial charge in [-0.05, 0) is 0 Å². The van der Waals surface area contributed by atoms with E-state index in [2.05, 4.69) is 20.6 Å². The molecule has 0 aliphatic carbocycles. The molecule has 0 unspecified atom stereocenters. The SMILES string of the molecule is [Li].[Si]=S.[Sr]. The zero-order chi connectivity index (χ0) is 2.00. The van der Waals surface area contributed by atoms with Gasteiger partial charge < -0.3 is 0 Å². The van der Waals surface area contributed by atoms with Gasteiger partial charge in [-0.25, -0.2) is 0 Å². The first-order chi connectivity index (χ1) is 1.00. The van der Waals surface area contributed by atoms with E-state index in [4.69, 9.17) is 0 Å². The van der Waals surface area contributed by atoms with E-state index < -0.39 is 0 Å². The molecular formula is LiSSiSr. The van der Waals surface area contributed by atoms with Gasteiger partial charge in [0, 0.05) is 64.3 Å². The van der Waals surface area contributed by atoms with E-state index in [1.54, 1.807) is 0 Å². The third-order valence-electron chi connectivity index (χ3n) is 0. The average Bonchev–Trinajstić information content (AvgIpc) is 1.00. The molecule has 0 aromatic heterocycles. The Kier molecular flexibility index (Phi) is 71.3. The third kappa shape index (κ3) is 8.82. The van der Waals surface area contributed by atoms with Crippen molar-refractivity contribution in [3.63, 3.8) is 0 Å². The molecule has 0 nitrogen and oxygen atoms in total. The zero-order valence-corrected chi connectivity index (χ0v) is 7.91. The van der Waals surface area contributed by atoms with E-state index in [0.29, 0.717) is 0 Å². The van der Waals surface area contributed by atoms with Gasteiger partial charge in [-0.1, -0.05) is 0 Å². The van der Waals surface area contributed by atoms with Gasteiger partial charge >= 0.3 is 0 Å². The summed E-state index contributed by atoms with van der Waals surface area (Å²) in [6.07, 6.45) is 0. The molecule has 4 heteroatoms. The van der Waals surface area contributed by atoms with Crippen molar-refractivity contribution < 1.29 is 0 Å². The first-order valence-corrected chi connectivity index (χ1v) is 1.84. The fourth-order valence-electron chi connectivity index (χ4n) is 0. The standard InChI is InChI=1S/Li.SSi.Sr/c;1-2;. The summed E-state index contributed by atoms with van der Waals surface area (Å²) in [5.74, 6) is 0. The smallest absolute Gasteiger partial charge is 0.137 e. The Morgan fingerprint density at radius 3 is 1.25 bits per heavy atom. The Balaban J connectivity index is -0.00000000500. The van der Waals surface area contributed by atoms with E-state index in [0.717, 1.165) is 0 Å². The zero-order valence-electron chi connectivity index (χ0n) is 2.62. The van der Waals surface area contributed by atoms with Gasteiger partial charge in [0.15, 0.2) is 0 Å². The maximum Gasteiger partial charge on any atom is 0.137 e. The minimum atomic E-state index is 0. The molecule has 0 atom stereocenters. The van der Waals surface area contributed by atoms with Gasteiger partial charge in [0.25, 0.3) is 0 Å². The Morgan fingerprint density at radius 1 is 1.25 bits per heavy atom. The molecule has 0 aliphatic heterocycles. The van der Waals surface area contributed by atoms with Crippen LogP contribution < -0.4 is 0 Å². The molecule has 0 aromatic rings. The van der Waals surface area contributed by atoms with Crippen LogP contribution in [0.5, 0.6) is 0 Å². The summed E-state index contributed by atoms with van der Waals surface area (Å²) in [5, 5.41) is 0. The van der Waals surface area contributed by atoms with Crippen molar-refractivity contribution in [3.8, 4) is 0 Å². The molecule has 5 radical (unpaired) electrons. The van der Waals surface area contributed by atoms with Crippen molar-refractivity contribution in [2.75, 3.05) is 0 Å².